The molecule has 2 amide bonds. The fourth-order valence-corrected chi connectivity index (χ4v) is 4.45. The summed E-state index contributed by atoms with van der Waals surface area (Å²) < 4.78 is 108. The van der Waals surface area contributed by atoms with Gasteiger partial charge in [-0.1, -0.05) is 35.9 Å². The van der Waals surface area contributed by atoms with Gasteiger partial charge in [0.2, 0.25) is 0 Å². The van der Waals surface area contributed by atoms with Crippen LogP contribution in [0, 0.1) is 5.82 Å². The molecule has 0 atom stereocenters. The van der Waals surface area contributed by atoms with Gasteiger partial charge < -0.3 is 10.2 Å². The van der Waals surface area contributed by atoms with Crippen LogP contribution in [0.1, 0.15) is 36.7 Å². The molecule has 4 nitrogen and oxygen atoms in total. The fourth-order valence-electron chi connectivity index (χ4n) is 3.51. The zero-order valence-corrected chi connectivity index (χ0v) is 22.7. The van der Waals surface area contributed by atoms with Crippen LogP contribution >= 0.6 is 27.5 Å². The van der Waals surface area contributed by atoms with Crippen molar-refractivity contribution in [1.82, 2.24) is 0 Å². The second-order valence-electron chi connectivity index (χ2n) is 7.86. The molecule has 0 heterocycles. The molecule has 2 aromatic rings. The Morgan fingerprint density at radius 3 is 2.10 bits per heavy atom. The number of amides is 2. The number of hydrogen-bond donors (Lipinski definition) is 1. The number of nitrogens with zero attached hydrogens (tertiary/aromatic N) is 1. The third-order valence-corrected chi connectivity index (χ3v) is 6.36. The minimum absolute atomic E-state index is 0.0119. The Kier molecular flexibility index (Phi) is 9.99. The van der Waals surface area contributed by atoms with Crippen LogP contribution in [0.2, 0.25) is 5.02 Å². The normalized spacial score (nSPS) is 13.1. The van der Waals surface area contributed by atoms with Crippen LogP contribution in [-0.4, -0.2) is 30.7 Å². The number of carbonyl (C=O) groups excluding carboxylic acids is 2. The first-order valence-electron chi connectivity index (χ1n) is 11.0. The third kappa shape index (κ3) is 6.29. The van der Waals surface area contributed by atoms with E-state index in [9.17, 15) is 40.3 Å². The van der Waals surface area contributed by atoms with E-state index in [0.29, 0.717) is 0 Å². The van der Waals surface area contributed by atoms with Crippen molar-refractivity contribution in [1.29, 1.82) is 0 Å². The van der Waals surface area contributed by atoms with Crippen molar-refractivity contribution in [2.75, 3.05) is 16.8 Å². The van der Waals surface area contributed by atoms with Crippen molar-refractivity contribution < 1.29 is 44.7 Å². The van der Waals surface area contributed by atoms with Crippen molar-refractivity contribution >= 4 is 50.7 Å². The first kappa shape index (κ1) is 32.3. The molecule has 0 bridgehead atoms. The molecule has 0 saturated carbocycles. The Hall–Kier alpha value is -2.93. The maximum atomic E-state index is 15.4. The minimum atomic E-state index is -6.38. The number of anilines is 2. The number of likely N-dealkylation sites (N-methyl/N-ethyl adjacent to an activating group) is 1. The number of carbonyl (C=O) groups is 2. The molecule has 212 valence electrons. The van der Waals surface area contributed by atoms with Gasteiger partial charge in [-0.3, -0.25) is 9.59 Å². The molecule has 1 N–H and O–H groups in total. The van der Waals surface area contributed by atoms with E-state index in [-0.39, 0.29) is 29.9 Å². The topological polar surface area (TPSA) is 49.4 Å². The molecule has 0 unspecified atom stereocenters. The lowest BCUT2D eigenvalue weighted by Crippen LogP contribution is -2.50. The summed E-state index contributed by atoms with van der Waals surface area (Å²) in [5.74, 6) is -2.91. The molecule has 0 spiro atoms. The highest BCUT2D eigenvalue weighted by Gasteiger charge is 2.73. The van der Waals surface area contributed by atoms with E-state index in [1.54, 1.807) is 26.8 Å². The second kappa shape index (κ2) is 12.1. The lowest BCUT2D eigenvalue weighted by molar-refractivity contribution is -0.348. The number of allylic oxidation sites excluding steroid dienone is 2. The summed E-state index contributed by atoms with van der Waals surface area (Å²) in [5.41, 5.74) is -8.84. The first-order chi connectivity index (χ1) is 18.0. The predicted octanol–water partition coefficient (Wildman–Crippen LogP) is 8.66. The third-order valence-electron chi connectivity index (χ3n) is 5.44. The van der Waals surface area contributed by atoms with E-state index in [2.05, 4.69) is 21.2 Å². The largest absolute Gasteiger partial charge is 0.435 e. The summed E-state index contributed by atoms with van der Waals surface area (Å²) in [7, 11) is 0. The Labute approximate surface area is 231 Å². The van der Waals surface area contributed by atoms with Gasteiger partial charge in [0.1, 0.15) is 0 Å². The van der Waals surface area contributed by atoms with Crippen LogP contribution in [0.5, 0.6) is 0 Å². The van der Waals surface area contributed by atoms with Crippen molar-refractivity contribution in [3.05, 3.63) is 80.6 Å². The molecule has 2 rings (SSSR count). The molecule has 39 heavy (non-hydrogen) atoms. The monoisotopic (exact) mass is 646 g/mol. The number of halogens is 10. The van der Waals surface area contributed by atoms with Crippen LogP contribution in [0.15, 0.2) is 58.6 Å². The molecule has 2 aromatic carbocycles. The lowest BCUT2D eigenvalue weighted by Gasteiger charge is -2.30. The van der Waals surface area contributed by atoms with Gasteiger partial charge in [0, 0.05) is 22.2 Å². The number of nitrogens with one attached hydrogen (secondary N) is 1. The smallest absolute Gasteiger partial charge is 0.320 e. The summed E-state index contributed by atoms with van der Waals surface area (Å²) in [5, 5.41) is 1.20. The van der Waals surface area contributed by atoms with Gasteiger partial charge in [-0.2, -0.15) is 26.3 Å². The lowest BCUT2D eigenvalue weighted by atomic mass is 9.94. The van der Waals surface area contributed by atoms with Gasteiger partial charge >= 0.3 is 18.0 Å². The molecule has 0 aliphatic rings. The SMILES string of the molecule is CC=CC(=CC)C(=O)N(CC)c1cccc(C(=O)Nc2c(Cl)cc(C(F)(C(F)(F)F)C(F)(F)F)cc2Br)c1F. The van der Waals surface area contributed by atoms with Gasteiger partial charge in [0.05, 0.1) is 22.0 Å². The average molecular weight is 648 g/mol. The zero-order valence-electron chi connectivity index (χ0n) is 20.4. The molecule has 0 saturated heterocycles. The second-order valence-corrected chi connectivity index (χ2v) is 9.12. The molecule has 0 aliphatic carbocycles. The Morgan fingerprint density at radius 1 is 1.05 bits per heavy atom. The number of alkyl halides is 7. The quantitative estimate of drug-likeness (QED) is 0.186. The average Bonchev–Trinajstić information content (AvgIpc) is 2.83. The number of benzene rings is 2. The summed E-state index contributed by atoms with van der Waals surface area (Å²) in [4.78, 5) is 26.8. The van der Waals surface area contributed by atoms with Gasteiger partial charge in [-0.25, -0.2) is 8.78 Å². The van der Waals surface area contributed by atoms with Crippen LogP contribution in [0.3, 0.4) is 0 Å². The minimum Gasteiger partial charge on any atom is -0.320 e. The molecule has 0 aromatic heterocycles. The van der Waals surface area contributed by atoms with Gasteiger partial charge in [-0.05, 0) is 61.0 Å². The van der Waals surface area contributed by atoms with Crippen LogP contribution in [-0.2, 0) is 10.5 Å². The van der Waals surface area contributed by atoms with Crippen molar-refractivity contribution in [2.45, 2.75) is 38.8 Å². The van der Waals surface area contributed by atoms with Gasteiger partial charge in [0.25, 0.3) is 11.8 Å². The van der Waals surface area contributed by atoms with Crippen LogP contribution < -0.4 is 10.2 Å². The molecular formula is C25H20BrClF8N2O2. The first-order valence-corrected chi connectivity index (χ1v) is 12.2. The number of hydrogen-bond acceptors (Lipinski definition) is 2. The highest BCUT2D eigenvalue weighted by molar-refractivity contribution is 9.10. The molecule has 0 radical (unpaired) electrons. The van der Waals surface area contributed by atoms with Crippen LogP contribution in [0.4, 0.5) is 46.5 Å². The fraction of sp³-hybridized carbons (Fsp3) is 0.280. The Balaban J connectivity index is 2.52. The summed E-state index contributed by atoms with van der Waals surface area (Å²) in [6, 6.07) is 3.76. The Bertz CT molecular complexity index is 1290. The van der Waals surface area contributed by atoms with Gasteiger partial charge in [-0.15, -0.1) is 0 Å². The molecule has 0 fully saturated rings. The highest BCUT2D eigenvalue weighted by Crippen LogP contribution is 2.54. The summed E-state index contributed by atoms with van der Waals surface area (Å²) in [6.45, 7) is 4.86. The van der Waals surface area contributed by atoms with E-state index in [4.69, 9.17) is 11.6 Å². The maximum Gasteiger partial charge on any atom is 0.435 e. The Morgan fingerprint density at radius 2 is 1.64 bits per heavy atom. The maximum absolute atomic E-state index is 15.4. The molecule has 0 aliphatic heterocycles. The number of rotatable bonds is 7. The van der Waals surface area contributed by atoms with E-state index in [0.717, 1.165) is 11.0 Å². The van der Waals surface area contributed by atoms with Crippen molar-refractivity contribution in [3.63, 3.8) is 0 Å². The van der Waals surface area contributed by atoms with Crippen LogP contribution in [0.25, 0.3) is 0 Å². The van der Waals surface area contributed by atoms with Gasteiger partial charge in [0.15, 0.2) is 5.82 Å². The van der Waals surface area contributed by atoms with E-state index in [1.807, 2.05) is 0 Å². The van der Waals surface area contributed by atoms with E-state index >= 15 is 4.39 Å². The van der Waals surface area contributed by atoms with E-state index < -0.39 is 62.0 Å². The summed E-state index contributed by atoms with van der Waals surface area (Å²) in [6.07, 6.45) is -8.15. The van der Waals surface area contributed by atoms with Crippen molar-refractivity contribution in [2.24, 2.45) is 0 Å². The summed E-state index contributed by atoms with van der Waals surface area (Å²) >= 11 is 8.52. The predicted molar refractivity (Wildman–Crippen MR) is 135 cm³/mol. The molecular weight excluding hydrogens is 628 g/mol. The standard InChI is InChI=1S/C25H20BrClF8N2O2/c1-4-8-13(5-2)22(39)37(6-3)18-10-7-9-15(19(18)28)21(38)36-20-16(26)11-14(12-17(20)27)23(29,24(30,31)32)25(33,34)35/h4-5,7-12H,6H2,1-3H3,(H,36,38). The molecule has 14 heteroatoms. The van der Waals surface area contributed by atoms with E-state index in [1.165, 1.54) is 24.3 Å². The van der Waals surface area contributed by atoms with Crippen molar-refractivity contribution in [3.8, 4) is 0 Å². The zero-order chi connectivity index (χ0) is 29.9. The highest BCUT2D eigenvalue weighted by atomic mass is 79.9.